The maximum absolute atomic E-state index is 13.0. The van der Waals surface area contributed by atoms with Crippen LogP contribution in [0.4, 0.5) is 0 Å². The number of ether oxygens (including phenoxy) is 3. The highest BCUT2D eigenvalue weighted by atomic mass is 16.6. The first-order valence-electron chi connectivity index (χ1n) is 33.8. The van der Waals surface area contributed by atoms with Crippen molar-refractivity contribution in [2.75, 3.05) is 13.2 Å². The Balaban J connectivity index is 4.49. The molecule has 0 spiro atoms. The maximum atomic E-state index is 13.0. The third-order valence-corrected chi connectivity index (χ3v) is 14.1. The van der Waals surface area contributed by atoms with Crippen LogP contribution in [0.5, 0.6) is 0 Å². The highest BCUT2D eigenvalue weighted by Gasteiger charge is 2.19. The van der Waals surface area contributed by atoms with Gasteiger partial charge in [0.15, 0.2) is 6.10 Å². The molecule has 0 rings (SSSR count). The molecule has 0 saturated carbocycles. The average Bonchev–Trinajstić information content (AvgIpc) is 3.47. The molecule has 82 heavy (non-hydrogen) atoms. The molecule has 0 aromatic rings. The van der Waals surface area contributed by atoms with Gasteiger partial charge in [-0.25, -0.2) is 0 Å². The van der Waals surface area contributed by atoms with Crippen LogP contribution in [0.15, 0.2) is 146 Å². The molecule has 0 heterocycles. The molecule has 6 nitrogen and oxygen atoms in total. The van der Waals surface area contributed by atoms with Crippen molar-refractivity contribution >= 4 is 17.9 Å². The Morgan fingerprint density at radius 1 is 0.256 bits per heavy atom. The quantitative estimate of drug-likeness (QED) is 0.0261. The minimum Gasteiger partial charge on any atom is -0.462 e. The molecule has 0 fully saturated rings. The van der Waals surface area contributed by atoms with Gasteiger partial charge in [0.1, 0.15) is 13.2 Å². The number of allylic oxidation sites excluding steroid dienone is 24. The number of rotatable bonds is 60. The lowest BCUT2D eigenvalue weighted by atomic mass is 10.1. The van der Waals surface area contributed by atoms with E-state index in [1.54, 1.807) is 0 Å². The predicted molar refractivity (Wildman–Crippen MR) is 357 cm³/mol. The monoisotopic (exact) mass is 1130 g/mol. The Bertz CT molecular complexity index is 1780. The number of esters is 3. The van der Waals surface area contributed by atoms with Crippen LogP contribution in [-0.4, -0.2) is 37.2 Å². The summed E-state index contributed by atoms with van der Waals surface area (Å²) < 4.78 is 16.9. The van der Waals surface area contributed by atoms with E-state index in [2.05, 4.69) is 167 Å². The number of hydrogen-bond donors (Lipinski definition) is 0. The lowest BCUT2D eigenvalue weighted by Crippen LogP contribution is -2.30. The molecule has 6 heteroatoms. The second-order valence-corrected chi connectivity index (χ2v) is 22.0. The smallest absolute Gasteiger partial charge is 0.306 e. The van der Waals surface area contributed by atoms with Gasteiger partial charge >= 0.3 is 17.9 Å². The third kappa shape index (κ3) is 66.1. The number of carbonyl (C=O) groups is 3. The molecular formula is C76H124O6. The van der Waals surface area contributed by atoms with Crippen LogP contribution in [0, 0.1) is 0 Å². The van der Waals surface area contributed by atoms with Crippen molar-refractivity contribution in [2.24, 2.45) is 0 Å². The van der Waals surface area contributed by atoms with Crippen LogP contribution in [0.3, 0.4) is 0 Å². The molecule has 0 N–H and O–H groups in total. The fourth-order valence-corrected chi connectivity index (χ4v) is 9.06. The molecule has 0 aliphatic carbocycles. The lowest BCUT2D eigenvalue weighted by Gasteiger charge is -2.18. The van der Waals surface area contributed by atoms with Gasteiger partial charge in [0.2, 0.25) is 0 Å². The topological polar surface area (TPSA) is 78.9 Å². The van der Waals surface area contributed by atoms with Crippen LogP contribution >= 0.6 is 0 Å². The van der Waals surface area contributed by atoms with Crippen molar-refractivity contribution in [1.29, 1.82) is 0 Å². The predicted octanol–water partition coefficient (Wildman–Crippen LogP) is 23.5. The van der Waals surface area contributed by atoms with E-state index in [1.807, 2.05) is 0 Å². The standard InChI is InChI=1S/C76H124O6/c1-4-7-10-13-16-19-22-25-28-31-34-36-37-38-39-41-42-45-48-51-54-57-60-63-66-69-75(78)81-72-73(71-80-74(77)68-65-62-59-56-53-50-47-44-33-30-27-24-21-18-15-12-9-6-3)82-76(79)70-67-64-61-58-55-52-49-46-43-40-35-32-29-26-23-20-17-14-11-8-5-2/h7-8,10-11,16-17,19-20,25-26,28-30,33-36,38-40,42,45,51,54,73H,4-6,9,12-15,18,21-24,27,31-32,37,41,43-44,46-50,52-53,55-72H2,1-3H3/b10-7-,11-8-,19-16-,20-17-,28-25-,29-26-,33-30-,36-34-,39-38-,40-35-,45-42-,54-51-. The zero-order valence-electron chi connectivity index (χ0n) is 53.2. The molecule has 0 radical (unpaired) electrons. The van der Waals surface area contributed by atoms with Crippen LogP contribution in [0.1, 0.15) is 297 Å². The first-order valence-corrected chi connectivity index (χ1v) is 33.8. The molecule has 0 amide bonds. The minimum atomic E-state index is -0.807. The lowest BCUT2D eigenvalue weighted by molar-refractivity contribution is -0.167. The van der Waals surface area contributed by atoms with E-state index in [9.17, 15) is 14.4 Å². The van der Waals surface area contributed by atoms with E-state index < -0.39 is 6.10 Å². The fourth-order valence-electron chi connectivity index (χ4n) is 9.06. The molecule has 1 atom stereocenters. The SMILES string of the molecule is CC/C=C\C/C=C\C/C=C\C/C=C\C/C=C\C/C=C\C/C=C\CCCCCC(=O)OCC(COC(=O)CCCCCCCCC/C=C\CCCCCCCCC)OC(=O)CCCCCCCCCC/C=C\C/C=C\C/C=C\C/C=C\CC. The van der Waals surface area contributed by atoms with Gasteiger partial charge < -0.3 is 14.2 Å². The van der Waals surface area contributed by atoms with Crippen LogP contribution in [-0.2, 0) is 28.6 Å². The first-order chi connectivity index (χ1) is 40.5. The maximum Gasteiger partial charge on any atom is 0.306 e. The Morgan fingerprint density at radius 3 is 0.768 bits per heavy atom. The highest BCUT2D eigenvalue weighted by Crippen LogP contribution is 2.15. The summed E-state index contributed by atoms with van der Waals surface area (Å²) in [5.41, 5.74) is 0. The minimum absolute atomic E-state index is 0.0987. The van der Waals surface area contributed by atoms with Gasteiger partial charge in [-0.2, -0.15) is 0 Å². The first kappa shape index (κ1) is 77.3. The molecule has 0 aliphatic rings. The summed E-state index contributed by atoms with van der Waals surface area (Å²) in [5.74, 6) is -0.941. The van der Waals surface area contributed by atoms with Crippen molar-refractivity contribution in [3.63, 3.8) is 0 Å². The number of unbranched alkanes of at least 4 members (excludes halogenated alkanes) is 25. The van der Waals surface area contributed by atoms with Crippen LogP contribution in [0.25, 0.3) is 0 Å². The van der Waals surface area contributed by atoms with Crippen LogP contribution in [0.2, 0.25) is 0 Å². The summed E-state index contributed by atoms with van der Waals surface area (Å²) in [6, 6.07) is 0. The van der Waals surface area contributed by atoms with Crippen molar-refractivity contribution in [3.8, 4) is 0 Å². The van der Waals surface area contributed by atoms with E-state index in [1.165, 1.54) is 116 Å². The number of carbonyl (C=O) groups excluding carboxylic acids is 3. The Labute approximate surface area is 506 Å². The van der Waals surface area contributed by atoms with Crippen molar-refractivity contribution in [1.82, 2.24) is 0 Å². The molecule has 0 bridgehead atoms. The van der Waals surface area contributed by atoms with E-state index in [0.29, 0.717) is 19.3 Å². The summed E-state index contributed by atoms with van der Waals surface area (Å²) in [6.07, 6.45) is 98.5. The summed E-state index contributed by atoms with van der Waals surface area (Å²) >= 11 is 0. The zero-order chi connectivity index (χ0) is 59.2. The normalized spacial score (nSPS) is 13.1. The van der Waals surface area contributed by atoms with Gasteiger partial charge in [-0.1, -0.05) is 282 Å². The summed E-state index contributed by atoms with van der Waals surface area (Å²) in [4.78, 5) is 38.4. The van der Waals surface area contributed by atoms with Gasteiger partial charge in [0.05, 0.1) is 0 Å². The van der Waals surface area contributed by atoms with E-state index in [4.69, 9.17) is 14.2 Å². The van der Waals surface area contributed by atoms with Gasteiger partial charge in [-0.15, -0.1) is 0 Å². The summed E-state index contributed by atoms with van der Waals surface area (Å²) in [5, 5.41) is 0. The van der Waals surface area contributed by atoms with Crippen LogP contribution < -0.4 is 0 Å². The molecule has 1 unspecified atom stereocenters. The van der Waals surface area contributed by atoms with Gasteiger partial charge in [-0.05, 0) is 141 Å². The van der Waals surface area contributed by atoms with Gasteiger partial charge in [0, 0.05) is 19.3 Å². The number of hydrogen-bond acceptors (Lipinski definition) is 6. The Kier molecular flexibility index (Phi) is 64.8. The second kappa shape index (κ2) is 68.8. The largest absolute Gasteiger partial charge is 0.462 e. The van der Waals surface area contributed by atoms with Crippen molar-refractivity contribution in [2.45, 2.75) is 303 Å². The average molecular weight is 1130 g/mol. The third-order valence-electron chi connectivity index (χ3n) is 14.1. The van der Waals surface area contributed by atoms with E-state index in [0.717, 1.165) is 141 Å². The zero-order valence-corrected chi connectivity index (χ0v) is 53.2. The molecule has 0 aromatic heterocycles. The van der Waals surface area contributed by atoms with Crippen molar-refractivity contribution < 1.29 is 28.6 Å². The molecular weight excluding hydrogens is 1010 g/mol. The molecule has 0 aromatic carbocycles. The Hall–Kier alpha value is -4.71. The molecule has 0 saturated heterocycles. The van der Waals surface area contributed by atoms with Gasteiger partial charge in [-0.3, -0.25) is 14.4 Å². The van der Waals surface area contributed by atoms with Gasteiger partial charge in [0.25, 0.3) is 0 Å². The fraction of sp³-hybridized carbons (Fsp3) is 0.645. The second-order valence-electron chi connectivity index (χ2n) is 22.0. The summed E-state index contributed by atoms with van der Waals surface area (Å²) in [7, 11) is 0. The van der Waals surface area contributed by atoms with E-state index in [-0.39, 0.29) is 31.1 Å². The molecule has 464 valence electrons. The van der Waals surface area contributed by atoms with E-state index >= 15 is 0 Å². The molecule has 0 aliphatic heterocycles. The summed E-state index contributed by atoms with van der Waals surface area (Å²) in [6.45, 7) is 6.39. The Morgan fingerprint density at radius 2 is 0.476 bits per heavy atom. The van der Waals surface area contributed by atoms with Crippen molar-refractivity contribution in [3.05, 3.63) is 146 Å². The highest BCUT2D eigenvalue weighted by molar-refractivity contribution is 5.71.